The molecule has 0 saturated carbocycles. The molecule has 1 aliphatic rings. The van der Waals surface area contributed by atoms with Gasteiger partial charge in [-0.2, -0.15) is 0 Å². The summed E-state index contributed by atoms with van der Waals surface area (Å²) >= 11 is 0. The molecule has 1 aliphatic carbocycles. The monoisotopic (exact) mass is 511 g/mol. The Labute approximate surface area is 235 Å². The van der Waals surface area contributed by atoms with Gasteiger partial charge in [-0.1, -0.05) is 129 Å². The van der Waals surface area contributed by atoms with Crippen molar-refractivity contribution in [1.82, 2.24) is 4.57 Å². The minimum Gasteiger partial charge on any atom is -0.309 e. The number of nitrogens with zero attached hydrogens (tertiary/aromatic N) is 1. The van der Waals surface area contributed by atoms with Crippen LogP contribution in [0.4, 0.5) is 0 Å². The van der Waals surface area contributed by atoms with Gasteiger partial charge in [0.1, 0.15) is 0 Å². The van der Waals surface area contributed by atoms with E-state index in [-0.39, 0.29) is 5.41 Å². The second kappa shape index (κ2) is 8.56. The van der Waals surface area contributed by atoms with E-state index in [1.54, 1.807) is 0 Å². The fourth-order valence-corrected chi connectivity index (χ4v) is 6.82. The maximum Gasteiger partial charge on any atom is 0.0619 e. The van der Waals surface area contributed by atoms with Crippen molar-refractivity contribution < 1.29 is 0 Å². The molecule has 1 heterocycles. The summed E-state index contributed by atoms with van der Waals surface area (Å²) < 4.78 is 2.41. The summed E-state index contributed by atoms with van der Waals surface area (Å²) in [6, 6.07) is 51.1. The summed E-state index contributed by atoms with van der Waals surface area (Å²) in [7, 11) is 0. The van der Waals surface area contributed by atoms with Crippen molar-refractivity contribution in [3.05, 3.63) is 151 Å². The van der Waals surface area contributed by atoms with Gasteiger partial charge in [-0.25, -0.2) is 0 Å². The van der Waals surface area contributed by atoms with Gasteiger partial charge in [-0.15, -0.1) is 0 Å². The summed E-state index contributed by atoms with van der Waals surface area (Å²) in [6.07, 6.45) is 0. The van der Waals surface area contributed by atoms with Gasteiger partial charge in [0, 0.05) is 27.4 Å². The molecule has 0 fully saturated rings. The van der Waals surface area contributed by atoms with E-state index in [4.69, 9.17) is 0 Å². The van der Waals surface area contributed by atoms with Crippen LogP contribution in [0.5, 0.6) is 0 Å². The number of rotatable bonds is 3. The minimum absolute atomic E-state index is 0.00235. The van der Waals surface area contributed by atoms with Crippen LogP contribution >= 0.6 is 0 Å². The van der Waals surface area contributed by atoms with Crippen LogP contribution < -0.4 is 0 Å². The zero-order valence-corrected chi connectivity index (χ0v) is 22.7. The van der Waals surface area contributed by atoms with Crippen LogP contribution in [0.1, 0.15) is 25.0 Å². The average molecular weight is 512 g/mol. The van der Waals surface area contributed by atoms with Crippen molar-refractivity contribution in [3.8, 4) is 39.1 Å². The lowest BCUT2D eigenvalue weighted by Gasteiger charge is -2.22. The first-order chi connectivity index (χ1) is 19.6. The van der Waals surface area contributed by atoms with Gasteiger partial charge in [0.05, 0.1) is 11.0 Å². The number of para-hydroxylation sites is 3. The Balaban J connectivity index is 1.26. The van der Waals surface area contributed by atoms with Crippen LogP contribution in [-0.2, 0) is 5.41 Å². The van der Waals surface area contributed by atoms with Crippen LogP contribution in [0.15, 0.2) is 140 Å². The Morgan fingerprint density at radius 2 is 1.07 bits per heavy atom. The molecule has 0 bridgehead atoms. The van der Waals surface area contributed by atoms with E-state index < -0.39 is 0 Å². The molecule has 0 amide bonds. The topological polar surface area (TPSA) is 4.93 Å². The smallest absolute Gasteiger partial charge is 0.0619 e. The molecule has 0 aliphatic heterocycles. The van der Waals surface area contributed by atoms with Crippen LogP contribution in [0.2, 0.25) is 0 Å². The molecule has 0 saturated heterocycles. The van der Waals surface area contributed by atoms with Crippen LogP contribution in [0.3, 0.4) is 0 Å². The molecule has 7 aromatic rings. The summed E-state index contributed by atoms with van der Waals surface area (Å²) in [6.45, 7) is 4.69. The van der Waals surface area contributed by atoms with Gasteiger partial charge >= 0.3 is 0 Å². The van der Waals surface area contributed by atoms with Crippen molar-refractivity contribution in [2.45, 2.75) is 19.3 Å². The average Bonchev–Trinajstić information content (AvgIpc) is 3.47. The van der Waals surface area contributed by atoms with Crippen molar-refractivity contribution in [2.24, 2.45) is 0 Å². The Morgan fingerprint density at radius 3 is 1.93 bits per heavy atom. The molecule has 0 atom stereocenters. The van der Waals surface area contributed by atoms with Crippen LogP contribution in [0.25, 0.3) is 60.9 Å². The first kappa shape index (κ1) is 23.0. The Kier molecular flexibility index (Phi) is 4.93. The predicted molar refractivity (Wildman–Crippen MR) is 169 cm³/mol. The second-order valence-corrected chi connectivity index (χ2v) is 11.4. The SMILES string of the molecule is CC1(C)c2ccccc2-c2ccc(-c3ccc(-c4cccc5c6ccccc6n(-c6ccccc6)c45)cc3)cc21. The zero-order valence-electron chi connectivity index (χ0n) is 22.7. The molecule has 190 valence electrons. The Morgan fingerprint density at radius 1 is 0.450 bits per heavy atom. The highest BCUT2D eigenvalue weighted by atomic mass is 15.0. The summed E-state index contributed by atoms with van der Waals surface area (Å²) in [5, 5.41) is 2.56. The van der Waals surface area contributed by atoms with Crippen molar-refractivity contribution >= 4 is 21.8 Å². The summed E-state index contributed by atoms with van der Waals surface area (Å²) in [5.74, 6) is 0. The largest absolute Gasteiger partial charge is 0.309 e. The number of benzene rings is 6. The second-order valence-electron chi connectivity index (χ2n) is 11.4. The van der Waals surface area contributed by atoms with E-state index in [0.717, 1.165) is 0 Å². The third-order valence-corrected chi connectivity index (χ3v) is 8.82. The standard InChI is InChI=1S/C39H29N/c1-39(2)35-17-8-6-13-31(35)32-24-23-28(25-36(32)39)26-19-21-27(22-20-26)30-15-10-16-34-33-14-7-9-18-37(33)40(38(30)34)29-11-4-3-5-12-29/h3-25H,1-2H3. The fraction of sp³-hybridized carbons (Fsp3) is 0.0769. The van der Waals surface area contributed by atoms with Gasteiger partial charge in [-0.3, -0.25) is 0 Å². The van der Waals surface area contributed by atoms with Crippen LogP contribution in [-0.4, -0.2) is 4.57 Å². The van der Waals surface area contributed by atoms with Crippen molar-refractivity contribution in [3.63, 3.8) is 0 Å². The summed E-state index contributed by atoms with van der Waals surface area (Å²) in [4.78, 5) is 0. The lowest BCUT2D eigenvalue weighted by atomic mass is 9.81. The fourth-order valence-electron chi connectivity index (χ4n) is 6.82. The maximum atomic E-state index is 2.41. The van der Waals surface area contributed by atoms with Gasteiger partial charge in [0.25, 0.3) is 0 Å². The highest BCUT2D eigenvalue weighted by Gasteiger charge is 2.35. The van der Waals surface area contributed by atoms with E-state index in [1.165, 1.54) is 72.0 Å². The normalized spacial score (nSPS) is 13.4. The number of hydrogen-bond donors (Lipinski definition) is 0. The molecule has 0 spiro atoms. The van der Waals surface area contributed by atoms with Crippen molar-refractivity contribution in [2.75, 3.05) is 0 Å². The minimum atomic E-state index is 0.00235. The van der Waals surface area contributed by atoms with Gasteiger partial charge in [-0.05, 0) is 63.2 Å². The highest BCUT2D eigenvalue weighted by molar-refractivity contribution is 6.13. The molecule has 0 N–H and O–H groups in total. The van der Waals surface area contributed by atoms with E-state index in [0.29, 0.717) is 0 Å². The number of hydrogen-bond acceptors (Lipinski definition) is 0. The predicted octanol–water partition coefficient (Wildman–Crippen LogP) is 10.4. The lowest BCUT2D eigenvalue weighted by molar-refractivity contribution is 0.660. The molecule has 8 rings (SSSR count). The lowest BCUT2D eigenvalue weighted by Crippen LogP contribution is -2.14. The quantitative estimate of drug-likeness (QED) is 0.222. The molecule has 1 aromatic heterocycles. The molecule has 0 unspecified atom stereocenters. The first-order valence-electron chi connectivity index (χ1n) is 14.0. The first-order valence-corrected chi connectivity index (χ1v) is 14.0. The number of aromatic nitrogens is 1. The number of fused-ring (bicyclic) bond motifs is 6. The van der Waals surface area contributed by atoms with E-state index in [2.05, 4.69) is 158 Å². The van der Waals surface area contributed by atoms with E-state index >= 15 is 0 Å². The Hall–Kier alpha value is -4.88. The molecule has 40 heavy (non-hydrogen) atoms. The molecular formula is C39H29N. The molecule has 6 aromatic carbocycles. The van der Waals surface area contributed by atoms with Crippen molar-refractivity contribution in [1.29, 1.82) is 0 Å². The van der Waals surface area contributed by atoms with Gasteiger partial charge in [0.2, 0.25) is 0 Å². The van der Waals surface area contributed by atoms with Gasteiger partial charge in [0.15, 0.2) is 0 Å². The summed E-state index contributed by atoms with van der Waals surface area (Å²) in [5.41, 5.74) is 14.2. The molecular weight excluding hydrogens is 482 g/mol. The maximum absolute atomic E-state index is 2.41. The van der Waals surface area contributed by atoms with Crippen LogP contribution in [0, 0.1) is 0 Å². The highest BCUT2D eigenvalue weighted by Crippen LogP contribution is 2.49. The molecule has 1 nitrogen and oxygen atoms in total. The zero-order chi connectivity index (χ0) is 26.8. The molecule has 1 heteroatoms. The van der Waals surface area contributed by atoms with Gasteiger partial charge < -0.3 is 4.57 Å². The third-order valence-electron chi connectivity index (χ3n) is 8.82. The molecule has 0 radical (unpaired) electrons. The third kappa shape index (κ3) is 3.28. The van der Waals surface area contributed by atoms with E-state index in [9.17, 15) is 0 Å². The van der Waals surface area contributed by atoms with E-state index in [1.807, 2.05) is 0 Å². The Bertz CT molecular complexity index is 2060.